The predicted molar refractivity (Wildman–Crippen MR) is 67.1 cm³/mol. The molecule has 0 aromatic carbocycles. The standard InChI is InChI=1S/C11H20N2O2S/c1-4-13(6-7-15-5-2)11-12-8-10(16-11)9(3)14/h8-9,14H,4-7H2,1-3H3. The molecule has 0 aliphatic carbocycles. The summed E-state index contributed by atoms with van der Waals surface area (Å²) in [5.41, 5.74) is 0. The smallest absolute Gasteiger partial charge is 0.185 e. The molecule has 0 amide bonds. The lowest BCUT2D eigenvalue weighted by atomic mass is 10.4. The van der Waals surface area contributed by atoms with E-state index in [0.29, 0.717) is 6.61 Å². The molecule has 1 heterocycles. The Bertz CT molecular complexity index is 302. The van der Waals surface area contributed by atoms with E-state index in [0.717, 1.165) is 29.7 Å². The minimum atomic E-state index is -0.433. The molecule has 1 rings (SSSR count). The van der Waals surface area contributed by atoms with E-state index in [4.69, 9.17) is 4.74 Å². The highest BCUT2D eigenvalue weighted by atomic mass is 32.1. The Morgan fingerprint density at radius 1 is 1.56 bits per heavy atom. The number of ether oxygens (including phenoxy) is 1. The fourth-order valence-corrected chi connectivity index (χ4v) is 2.27. The number of hydrogen-bond donors (Lipinski definition) is 1. The molecule has 0 radical (unpaired) electrons. The van der Waals surface area contributed by atoms with Crippen molar-refractivity contribution in [3.05, 3.63) is 11.1 Å². The van der Waals surface area contributed by atoms with Crippen LogP contribution in [0.2, 0.25) is 0 Å². The van der Waals surface area contributed by atoms with Crippen LogP contribution in [0.3, 0.4) is 0 Å². The van der Waals surface area contributed by atoms with Crippen LogP contribution in [0.25, 0.3) is 0 Å². The highest BCUT2D eigenvalue weighted by molar-refractivity contribution is 7.15. The molecule has 0 bridgehead atoms. The summed E-state index contributed by atoms with van der Waals surface area (Å²) in [5, 5.41) is 10.4. The molecular formula is C11H20N2O2S. The van der Waals surface area contributed by atoms with Gasteiger partial charge in [0.2, 0.25) is 0 Å². The fraction of sp³-hybridized carbons (Fsp3) is 0.727. The van der Waals surface area contributed by atoms with Crippen LogP contribution in [0.15, 0.2) is 6.20 Å². The van der Waals surface area contributed by atoms with Gasteiger partial charge < -0.3 is 14.7 Å². The van der Waals surface area contributed by atoms with E-state index in [9.17, 15) is 5.11 Å². The zero-order valence-corrected chi connectivity index (χ0v) is 11.0. The number of hydrogen-bond acceptors (Lipinski definition) is 5. The second-order valence-corrected chi connectivity index (χ2v) is 4.54. The van der Waals surface area contributed by atoms with E-state index in [1.807, 2.05) is 6.92 Å². The van der Waals surface area contributed by atoms with E-state index in [-0.39, 0.29) is 0 Å². The van der Waals surface area contributed by atoms with Crippen LogP contribution in [0, 0.1) is 0 Å². The molecule has 16 heavy (non-hydrogen) atoms. The number of aliphatic hydroxyl groups excluding tert-OH is 1. The Morgan fingerprint density at radius 2 is 2.31 bits per heavy atom. The van der Waals surface area contributed by atoms with Gasteiger partial charge in [-0.15, -0.1) is 0 Å². The fourth-order valence-electron chi connectivity index (χ4n) is 1.32. The third-order valence-electron chi connectivity index (χ3n) is 2.29. The number of thiazole rings is 1. The van der Waals surface area contributed by atoms with Gasteiger partial charge in [0.1, 0.15) is 0 Å². The molecule has 0 spiro atoms. The molecule has 0 aliphatic heterocycles. The van der Waals surface area contributed by atoms with Gasteiger partial charge in [0.25, 0.3) is 0 Å². The first kappa shape index (κ1) is 13.4. The third kappa shape index (κ3) is 3.73. The van der Waals surface area contributed by atoms with E-state index < -0.39 is 6.10 Å². The summed E-state index contributed by atoms with van der Waals surface area (Å²) in [7, 11) is 0. The topological polar surface area (TPSA) is 45.6 Å². The first-order valence-electron chi connectivity index (χ1n) is 5.65. The van der Waals surface area contributed by atoms with Crippen LogP contribution in [-0.2, 0) is 4.74 Å². The molecule has 1 unspecified atom stereocenters. The highest BCUT2D eigenvalue weighted by Crippen LogP contribution is 2.26. The number of likely N-dealkylation sites (N-methyl/N-ethyl adjacent to an activating group) is 1. The summed E-state index contributed by atoms with van der Waals surface area (Å²) >= 11 is 1.54. The Morgan fingerprint density at radius 3 is 2.81 bits per heavy atom. The molecule has 1 N–H and O–H groups in total. The zero-order chi connectivity index (χ0) is 12.0. The van der Waals surface area contributed by atoms with E-state index in [1.165, 1.54) is 0 Å². The second-order valence-electron chi connectivity index (χ2n) is 3.50. The average Bonchev–Trinajstić information content (AvgIpc) is 2.74. The predicted octanol–water partition coefficient (Wildman–Crippen LogP) is 2.06. The molecule has 0 fully saturated rings. The zero-order valence-electron chi connectivity index (χ0n) is 10.1. The molecule has 1 aromatic rings. The molecule has 0 aliphatic rings. The minimum absolute atomic E-state index is 0.433. The Kier molecular flexibility index (Phi) is 5.73. The molecule has 0 saturated carbocycles. The van der Waals surface area contributed by atoms with Gasteiger partial charge in [-0.1, -0.05) is 11.3 Å². The number of anilines is 1. The number of rotatable bonds is 7. The SMILES string of the molecule is CCOCCN(CC)c1ncc(C(C)O)s1. The maximum absolute atomic E-state index is 9.43. The van der Waals surface area contributed by atoms with E-state index in [2.05, 4.69) is 16.8 Å². The van der Waals surface area contributed by atoms with Crippen molar-refractivity contribution in [2.24, 2.45) is 0 Å². The Balaban J connectivity index is 2.56. The largest absolute Gasteiger partial charge is 0.388 e. The summed E-state index contributed by atoms with van der Waals surface area (Å²) in [4.78, 5) is 7.38. The summed E-state index contributed by atoms with van der Waals surface area (Å²) < 4.78 is 5.33. The molecule has 1 atom stereocenters. The lowest BCUT2D eigenvalue weighted by Gasteiger charge is -2.19. The van der Waals surface area contributed by atoms with Crippen molar-refractivity contribution in [2.45, 2.75) is 26.9 Å². The average molecular weight is 244 g/mol. The number of aromatic nitrogens is 1. The van der Waals surface area contributed by atoms with Gasteiger partial charge in [-0.25, -0.2) is 4.98 Å². The maximum atomic E-state index is 9.43. The summed E-state index contributed by atoms with van der Waals surface area (Å²) in [6, 6.07) is 0. The van der Waals surface area contributed by atoms with Crippen molar-refractivity contribution in [1.29, 1.82) is 0 Å². The lowest BCUT2D eigenvalue weighted by Crippen LogP contribution is -2.26. The van der Waals surface area contributed by atoms with Crippen molar-refractivity contribution >= 4 is 16.5 Å². The van der Waals surface area contributed by atoms with Gasteiger partial charge in [-0.2, -0.15) is 0 Å². The van der Waals surface area contributed by atoms with Crippen molar-refractivity contribution in [2.75, 3.05) is 31.2 Å². The van der Waals surface area contributed by atoms with Crippen molar-refractivity contribution in [3.8, 4) is 0 Å². The first-order valence-corrected chi connectivity index (χ1v) is 6.47. The monoisotopic (exact) mass is 244 g/mol. The van der Waals surface area contributed by atoms with Crippen LogP contribution in [0.5, 0.6) is 0 Å². The lowest BCUT2D eigenvalue weighted by molar-refractivity contribution is 0.154. The van der Waals surface area contributed by atoms with Crippen LogP contribution in [0.1, 0.15) is 31.8 Å². The van der Waals surface area contributed by atoms with Crippen molar-refractivity contribution < 1.29 is 9.84 Å². The quantitative estimate of drug-likeness (QED) is 0.746. The van der Waals surface area contributed by atoms with Gasteiger partial charge in [0, 0.05) is 25.9 Å². The minimum Gasteiger partial charge on any atom is -0.388 e. The third-order valence-corrected chi connectivity index (χ3v) is 3.51. The van der Waals surface area contributed by atoms with Crippen molar-refractivity contribution in [1.82, 2.24) is 4.98 Å². The van der Waals surface area contributed by atoms with E-state index in [1.54, 1.807) is 24.5 Å². The highest BCUT2D eigenvalue weighted by Gasteiger charge is 2.11. The van der Waals surface area contributed by atoms with Crippen LogP contribution in [-0.4, -0.2) is 36.4 Å². The summed E-state index contributed by atoms with van der Waals surface area (Å²) in [6.07, 6.45) is 1.31. The Hall–Kier alpha value is -0.650. The molecule has 92 valence electrons. The van der Waals surface area contributed by atoms with E-state index >= 15 is 0 Å². The summed E-state index contributed by atoms with van der Waals surface area (Å²) in [5.74, 6) is 0. The first-order chi connectivity index (χ1) is 7.69. The summed E-state index contributed by atoms with van der Waals surface area (Å²) in [6.45, 7) is 9.05. The van der Waals surface area contributed by atoms with Gasteiger partial charge in [-0.05, 0) is 20.8 Å². The Labute approximate surface area is 101 Å². The second kappa shape index (κ2) is 6.83. The van der Waals surface area contributed by atoms with Gasteiger partial charge in [0.05, 0.1) is 17.6 Å². The molecule has 5 heteroatoms. The van der Waals surface area contributed by atoms with Crippen LogP contribution in [0.4, 0.5) is 5.13 Å². The van der Waals surface area contributed by atoms with Gasteiger partial charge >= 0.3 is 0 Å². The van der Waals surface area contributed by atoms with Gasteiger partial charge in [0.15, 0.2) is 5.13 Å². The van der Waals surface area contributed by atoms with Crippen LogP contribution >= 0.6 is 11.3 Å². The molecular weight excluding hydrogens is 224 g/mol. The molecule has 0 saturated heterocycles. The number of nitrogens with zero attached hydrogens (tertiary/aromatic N) is 2. The number of aliphatic hydroxyl groups is 1. The van der Waals surface area contributed by atoms with Crippen LogP contribution < -0.4 is 4.90 Å². The van der Waals surface area contributed by atoms with Gasteiger partial charge in [-0.3, -0.25) is 0 Å². The molecule has 1 aromatic heterocycles. The maximum Gasteiger partial charge on any atom is 0.185 e. The van der Waals surface area contributed by atoms with Crippen molar-refractivity contribution in [3.63, 3.8) is 0 Å². The normalized spacial score (nSPS) is 12.8. The molecule has 4 nitrogen and oxygen atoms in total.